The molecule has 0 aliphatic heterocycles. The largest absolute Gasteiger partial charge is 0.393 e. The summed E-state index contributed by atoms with van der Waals surface area (Å²) in [7, 11) is -3.59. The molecular formula is C14H17ClN2O3S. The molecule has 1 heterocycles. The van der Waals surface area contributed by atoms with Gasteiger partial charge in [0, 0.05) is 11.9 Å². The number of benzene rings is 1. The maximum atomic E-state index is 12.2. The van der Waals surface area contributed by atoms with Gasteiger partial charge in [0.05, 0.1) is 16.5 Å². The van der Waals surface area contributed by atoms with Gasteiger partial charge in [-0.2, -0.15) is 0 Å². The van der Waals surface area contributed by atoms with Crippen LogP contribution in [0.25, 0.3) is 10.9 Å². The predicted molar refractivity (Wildman–Crippen MR) is 82.9 cm³/mol. The molecule has 1 atom stereocenters. The number of fused-ring (bicyclic) bond motifs is 1. The molecule has 0 saturated carbocycles. The van der Waals surface area contributed by atoms with Crippen molar-refractivity contribution in [2.24, 2.45) is 0 Å². The molecular weight excluding hydrogens is 312 g/mol. The highest BCUT2D eigenvalue weighted by molar-refractivity contribution is 7.89. The van der Waals surface area contributed by atoms with Gasteiger partial charge >= 0.3 is 0 Å². The average molecular weight is 329 g/mol. The fourth-order valence-corrected chi connectivity index (χ4v) is 3.13. The van der Waals surface area contributed by atoms with Crippen LogP contribution >= 0.6 is 11.6 Å². The zero-order valence-corrected chi connectivity index (χ0v) is 13.2. The second-order valence-electron chi connectivity index (χ2n) is 4.74. The van der Waals surface area contributed by atoms with Crippen molar-refractivity contribution in [2.45, 2.75) is 30.8 Å². The molecule has 21 heavy (non-hydrogen) atoms. The van der Waals surface area contributed by atoms with Crippen molar-refractivity contribution in [1.82, 2.24) is 9.71 Å². The summed E-state index contributed by atoms with van der Waals surface area (Å²) < 4.78 is 26.8. The molecule has 0 fully saturated rings. The molecule has 0 spiro atoms. The zero-order valence-electron chi connectivity index (χ0n) is 11.6. The molecule has 1 aromatic carbocycles. The maximum Gasteiger partial charge on any atom is 0.240 e. The van der Waals surface area contributed by atoms with Crippen LogP contribution in [0.1, 0.15) is 19.8 Å². The number of aromatic nitrogens is 1. The van der Waals surface area contributed by atoms with Crippen molar-refractivity contribution in [3.05, 3.63) is 35.5 Å². The molecule has 2 rings (SSSR count). The van der Waals surface area contributed by atoms with Crippen LogP contribution in [0.4, 0.5) is 0 Å². The van der Waals surface area contributed by atoms with Gasteiger partial charge in [0.15, 0.2) is 0 Å². The number of rotatable bonds is 6. The molecule has 0 radical (unpaired) electrons. The number of aliphatic hydroxyl groups is 1. The summed E-state index contributed by atoms with van der Waals surface area (Å²) in [6, 6.07) is 8.01. The summed E-state index contributed by atoms with van der Waals surface area (Å²) >= 11 is 5.79. The highest BCUT2D eigenvalue weighted by atomic mass is 35.5. The minimum atomic E-state index is -3.59. The Labute approximate surface area is 129 Å². The first kappa shape index (κ1) is 16.2. The fraction of sp³-hybridized carbons (Fsp3) is 0.357. The van der Waals surface area contributed by atoms with Gasteiger partial charge in [-0.05, 0) is 43.2 Å². The molecule has 1 unspecified atom stereocenters. The van der Waals surface area contributed by atoms with E-state index < -0.39 is 16.1 Å². The quantitative estimate of drug-likeness (QED) is 0.798. The van der Waals surface area contributed by atoms with E-state index in [1.165, 1.54) is 6.07 Å². The number of halogens is 1. The van der Waals surface area contributed by atoms with Gasteiger partial charge in [-0.1, -0.05) is 18.5 Å². The van der Waals surface area contributed by atoms with Crippen molar-refractivity contribution >= 4 is 32.5 Å². The minimum Gasteiger partial charge on any atom is -0.393 e. The molecule has 114 valence electrons. The van der Waals surface area contributed by atoms with Crippen LogP contribution in [-0.4, -0.2) is 31.2 Å². The third-order valence-electron chi connectivity index (χ3n) is 3.18. The van der Waals surface area contributed by atoms with E-state index in [1.54, 1.807) is 24.3 Å². The number of hydrogen-bond acceptors (Lipinski definition) is 4. The Balaban J connectivity index is 2.18. The summed E-state index contributed by atoms with van der Waals surface area (Å²) in [5, 5.41) is 10.5. The van der Waals surface area contributed by atoms with E-state index in [9.17, 15) is 13.5 Å². The highest BCUT2D eigenvalue weighted by Crippen LogP contribution is 2.19. The van der Waals surface area contributed by atoms with Gasteiger partial charge < -0.3 is 5.11 Å². The number of sulfonamides is 1. The lowest BCUT2D eigenvalue weighted by atomic mass is 10.2. The van der Waals surface area contributed by atoms with Crippen LogP contribution in [-0.2, 0) is 10.0 Å². The van der Waals surface area contributed by atoms with E-state index in [0.717, 1.165) is 0 Å². The molecule has 7 heteroatoms. The fourth-order valence-electron chi connectivity index (χ4n) is 1.89. The van der Waals surface area contributed by atoms with Crippen LogP contribution < -0.4 is 4.72 Å². The monoisotopic (exact) mass is 328 g/mol. The van der Waals surface area contributed by atoms with E-state index in [2.05, 4.69) is 9.71 Å². The molecule has 0 aliphatic rings. The van der Waals surface area contributed by atoms with E-state index in [1.807, 2.05) is 6.92 Å². The summed E-state index contributed by atoms with van der Waals surface area (Å²) in [6.45, 7) is 2.05. The molecule has 1 aromatic heterocycles. The Bertz CT molecular complexity index is 734. The third-order valence-corrected chi connectivity index (χ3v) is 4.85. The minimum absolute atomic E-state index is 0.171. The van der Waals surface area contributed by atoms with Crippen molar-refractivity contribution < 1.29 is 13.5 Å². The highest BCUT2D eigenvalue weighted by Gasteiger charge is 2.14. The molecule has 0 amide bonds. The lowest BCUT2D eigenvalue weighted by Crippen LogP contribution is -2.27. The molecule has 5 nitrogen and oxygen atoms in total. The predicted octanol–water partition coefficient (Wildman–Crippen LogP) is 2.33. The van der Waals surface area contributed by atoms with Gasteiger partial charge in [-0.25, -0.2) is 18.1 Å². The number of nitrogens with one attached hydrogen (secondary N) is 1. The average Bonchev–Trinajstić information content (AvgIpc) is 2.46. The van der Waals surface area contributed by atoms with E-state index in [-0.39, 0.29) is 11.4 Å². The van der Waals surface area contributed by atoms with Crippen molar-refractivity contribution in [1.29, 1.82) is 0 Å². The lowest BCUT2D eigenvalue weighted by Gasteiger charge is -2.10. The Kier molecular flexibility index (Phi) is 5.16. The molecule has 2 aromatic rings. The second-order valence-corrected chi connectivity index (χ2v) is 6.89. The third kappa shape index (κ3) is 4.14. The topological polar surface area (TPSA) is 79.3 Å². The van der Waals surface area contributed by atoms with Crippen molar-refractivity contribution in [3.63, 3.8) is 0 Å². The van der Waals surface area contributed by atoms with Gasteiger partial charge in [0.2, 0.25) is 10.0 Å². The lowest BCUT2D eigenvalue weighted by molar-refractivity contribution is 0.162. The number of nitrogens with zero attached hydrogens (tertiary/aromatic N) is 1. The number of aliphatic hydroxyl groups excluding tert-OH is 1. The Morgan fingerprint density at radius 2 is 2.10 bits per heavy atom. The second kappa shape index (κ2) is 6.70. The summed E-state index contributed by atoms with van der Waals surface area (Å²) in [5.41, 5.74) is 0.642. The molecule has 0 bridgehead atoms. The van der Waals surface area contributed by atoms with Crippen LogP contribution in [0.15, 0.2) is 35.2 Å². The first-order valence-corrected chi connectivity index (χ1v) is 8.52. The van der Waals surface area contributed by atoms with E-state index in [4.69, 9.17) is 11.6 Å². The van der Waals surface area contributed by atoms with Crippen molar-refractivity contribution in [3.8, 4) is 0 Å². The van der Waals surface area contributed by atoms with Crippen LogP contribution in [0, 0.1) is 0 Å². The standard InChI is InChI=1S/C14H17ClN2O3S/c1-2-11(18)7-8-16-21(19,20)12-4-5-13-10(9-12)3-6-14(15)17-13/h3-6,9,11,16,18H,2,7-8H2,1H3. The smallest absolute Gasteiger partial charge is 0.240 e. The maximum absolute atomic E-state index is 12.2. The Hall–Kier alpha value is -1.21. The normalized spacial score (nSPS) is 13.5. The van der Waals surface area contributed by atoms with Gasteiger partial charge in [0.1, 0.15) is 5.15 Å². The first-order valence-electron chi connectivity index (χ1n) is 6.66. The zero-order chi connectivity index (χ0) is 15.5. The van der Waals surface area contributed by atoms with Gasteiger partial charge in [0.25, 0.3) is 0 Å². The van der Waals surface area contributed by atoms with E-state index >= 15 is 0 Å². The first-order chi connectivity index (χ1) is 9.92. The Morgan fingerprint density at radius 1 is 1.33 bits per heavy atom. The SMILES string of the molecule is CCC(O)CCNS(=O)(=O)c1ccc2nc(Cl)ccc2c1. The molecule has 0 saturated heterocycles. The van der Waals surface area contributed by atoms with Gasteiger partial charge in [-0.15, -0.1) is 0 Å². The summed E-state index contributed by atoms with van der Waals surface area (Å²) in [4.78, 5) is 4.28. The molecule has 2 N–H and O–H groups in total. The summed E-state index contributed by atoms with van der Waals surface area (Å²) in [6.07, 6.45) is 0.501. The van der Waals surface area contributed by atoms with E-state index in [0.29, 0.717) is 28.9 Å². The van der Waals surface area contributed by atoms with Crippen molar-refractivity contribution in [2.75, 3.05) is 6.54 Å². The van der Waals surface area contributed by atoms with Crippen LogP contribution in [0.2, 0.25) is 5.15 Å². The van der Waals surface area contributed by atoms with Gasteiger partial charge in [-0.3, -0.25) is 0 Å². The Morgan fingerprint density at radius 3 is 2.81 bits per heavy atom. The summed E-state index contributed by atoms with van der Waals surface area (Å²) in [5.74, 6) is 0. The molecule has 0 aliphatic carbocycles. The van der Waals surface area contributed by atoms with Crippen LogP contribution in [0.3, 0.4) is 0 Å². The number of pyridine rings is 1. The van der Waals surface area contributed by atoms with Crippen LogP contribution in [0.5, 0.6) is 0 Å². The number of hydrogen-bond donors (Lipinski definition) is 2.